The van der Waals surface area contributed by atoms with Gasteiger partial charge in [0.2, 0.25) is 5.89 Å². The molecule has 0 radical (unpaired) electrons. The predicted molar refractivity (Wildman–Crippen MR) is 129 cm³/mol. The van der Waals surface area contributed by atoms with E-state index in [1.54, 1.807) is 48.3 Å². The van der Waals surface area contributed by atoms with Crippen LogP contribution in [0.3, 0.4) is 0 Å². The Morgan fingerprint density at radius 3 is 2.75 bits per heavy atom. The van der Waals surface area contributed by atoms with Crippen LogP contribution in [0.15, 0.2) is 57.0 Å². The standard InChI is InChI=1S/C24H25ClN6O5/c1-15-12-29(18-11-26-31(13-18)22-4-2-3-9-35-22)24(34)30(23(15)33)14-21-27-20(28-36-21)10-19(32)16-5-7-17(25)8-6-16/h5-8,11-13,19,22,32H,2-4,9-10,14H2,1H3/t19-,22?/m0/s1. The minimum Gasteiger partial charge on any atom is -0.388 e. The Kier molecular flexibility index (Phi) is 6.86. The van der Waals surface area contributed by atoms with Crippen LogP contribution in [-0.4, -0.2) is 40.8 Å². The summed E-state index contributed by atoms with van der Waals surface area (Å²) in [6.07, 6.45) is 6.77. The van der Waals surface area contributed by atoms with Gasteiger partial charge < -0.3 is 14.4 Å². The van der Waals surface area contributed by atoms with Crippen LogP contribution in [0.4, 0.5) is 0 Å². The molecule has 11 nitrogen and oxygen atoms in total. The summed E-state index contributed by atoms with van der Waals surface area (Å²) >= 11 is 5.89. The Hall–Kier alpha value is -3.54. The van der Waals surface area contributed by atoms with Crippen LogP contribution in [0, 0.1) is 6.92 Å². The van der Waals surface area contributed by atoms with Crippen LogP contribution < -0.4 is 11.2 Å². The molecule has 0 saturated carbocycles. The van der Waals surface area contributed by atoms with Gasteiger partial charge in [-0.15, -0.1) is 0 Å². The van der Waals surface area contributed by atoms with Crippen LogP contribution in [0.2, 0.25) is 5.02 Å². The Morgan fingerprint density at radius 1 is 1.19 bits per heavy atom. The quantitative estimate of drug-likeness (QED) is 0.400. The number of aryl methyl sites for hydroxylation is 1. The maximum Gasteiger partial charge on any atom is 0.336 e. The first-order valence-corrected chi connectivity index (χ1v) is 12.0. The summed E-state index contributed by atoms with van der Waals surface area (Å²) in [4.78, 5) is 30.3. The van der Waals surface area contributed by atoms with E-state index in [4.69, 9.17) is 20.9 Å². The van der Waals surface area contributed by atoms with Crippen LogP contribution >= 0.6 is 11.6 Å². The number of aromatic nitrogens is 6. The SMILES string of the molecule is Cc1cn(-c2cnn(C3CCCCO3)c2)c(=O)n(Cc2nc(C[C@H](O)c3ccc(Cl)cc3)no2)c1=O. The summed E-state index contributed by atoms with van der Waals surface area (Å²) < 4.78 is 15.1. The van der Waals surface area contributed by atoms with Crippen LogP contribution in [0.5, 0.6) is 0 Å². The lowest BCUT2D eigenvalue weighted by Crippen LogP contribution is -2.40. The largest absolute Gasteiger partial charge is 0.388 e. The topological polar surface area (TPSA) is 130 Å². The van der Waals surface area contributed by atoms with Gasteiger partial charge in [-0.1, -0.05) is 28.9 Å². The van der Waals surface area contributed by atoms with Crippen molar-refractivity contribution in [1.29, 1.82) is 0 Å². The van der Waals surface area contributed by atoms with Gasteiger partial charge in [0.05, 0.1) is 24.2 Å². The summed E-state index contributed by atoms with van der Waals surface area (Å²) in [7, 11) is 0. The number of rotatable bonds is 7. The number of hydrogen-bond donors (Lipinski definition) is 1. The monoisotopic (exact) mass is 512 g/mol. The average molecular weight is 513 g/mol. The lowest BCUT2D eigenvalue weighted by atomic mass is 10.1. The molecule has 0 amide bonds. The van der Waals surface area contributed by atoms with E-state index in [-0.39, 0.29) is 30.9 Å². The maximum absolute atomic E-state index is 13.2. The Bertz CT molecular complexity index is 1470. The summed E-state index contributed by atoms with van der Waals surface area (Å²) in [5, 5.41) is 19.3. The molecule has 0 spiro atoms. The van der Waals surface area contributed by atoms with E-state index in [2.05, 4.69) is 15.2 Å². The van der Waals surface area contributed by atoms with Crippen molar-refractivity contribution in [1.82, 2.24) is 29.1 Å². The fourth-order valence-corrected chi connectivity index (χ4v) is 4.27. The maximum atomic E-state index is 13.2. The Labute approximate surface area is 210 Å². The molecule has 1 fully saturated rings. The van der Waals surface area contributed by atoms with Crippen LogP contribution in [0.1, 0.15) is 54.4 Å². The number of hydrogen-bond acceptors (Lipinski definition) is 8. The molecule has 1 unspecified atom stereocenters. The third kappa shape index (κ3) is 5.03. The summed E-state index contributed by atoms with van der Waals surface area (Å²) in [5.41, 5.74) is 0.524. The molecule has 1 aliphatic heterocycles. The fourth-order valence-electron chi connectivity index (χ4n) is 4.15. The van der Waals surface area contributed by atoms with E-state index in [9.17, 15) is 14.7 Å². The molecule has 4 aromatic rings. The predicted octanol–water partition coefficient (Wildman–Crippen LogP) is 2.56. The third-order valence-electron chi connectivity index (χ3n) is 6.09. The third-order valence-corrected chi connectivity index (χ3v) is 6.35. The van der Waals surface area contributed by atoms with E-state index in [1.807, 2.05) is 0 Å². The van der Waals surface area contributed by atoms with Crippen molar-refractivity contribution in [3.63, 3.8) is 0 Å². The second-order valence-electron chi connectivity index (χ2n) is 8.73. The van der Waals surface area contributed by atoms with E-state index >= 15 is 0 Å². The van der Waals surface area contributed by atoms with Gasteiger partial charge in [0.25, 0.3) is 5.56 Å². The summed E-state index contributed by atoms with van der Waals surface area (Å²) in [5.74, 6) is 0.332. The number of halogens is 1. The van der Waals surface area contributed by atoms with Gasteiger partial charge in [-0.25, -0.2) is 9.48 Å². The van der Waals surface area contributed by atoms with Crippen molar-refractivity contribution in [2.24, 2.45) is 0 Å². The van der Waals surface area contributed by atoms with Gasteiger partial charge in [-0.2, -0.15) is 10.1 Å². The first-order valence-electron chi connectivity index (χ1n) is 11.6. The number of nitrogens with zero attached hydrogens (tertiary/aromatic N) is 6. The normalized spacial score (nSPS) is 16.8. The molecule has 2 atom stereocenters. The second-order valence-corrected chi connectivity index (χ2v) is 9.17. The molecule has 1 aromatic carbocycles. The van der Waals surface area contributed by atoms with E-state index in [0.29, 0.717) is 28.4 Å². The zero-order valence-corrected chi connectivity index (χ0v) is 20.3. The highest BCUT2D eigenvalue weighted by atomic mass is 35.5. The van der Waals surface area contributed by atoms with Crippen molar-refractivity contribution >= 4 is 11.6 Å². The number of benzene rings is 1. The van der Waals surface area contributed by atoms with E-state index in [1.165, 1.54) is 10.8 Å². The van der Waals surface area contributed by atoms with Gasteiger partial charge in [-0.05, 0) is 43.9 Å². The second kappa shape index (κ2) is 10.2. The molecule has 0 aliphatic carbocycles. The molecule has 1 aliphatic rings. The molecule has 36 heavy (non-hydrogen) atoms. The van der Waals surface area contributed by atoms with Crippen molar-refractivity contribution in [3.05, 3.63) is 91.6 Å². The van der Waals surface area contributed by atoms with Gasteiger partial charge in [0.15, 0.2) is 5.82 Å². The summed E-state index contributed by atoms with van der Waals surface area (Å²) in [6, 6.07) is 6.79. The highest BCUT2D eigenvalue weighted by Crippen LogP contribution is 2.22. The summed E-state index contributed by atoms with van der Waals surface area (Å²) in [6.45, 7) is 2.10. The van der Waals surface area contributed by atoms with Crippen molar-refractivity contribution in [3.8, 4) is 5.69 Å². The van der Waals surface area contributed by atoms with Crippen LogP contribution in [-0.2, 0) is 17.7 Å². The first-order chi connectivity index (χ1) is 17.4. The van der Waals surface area contributed by atoms with Crippen molar-refractivity contribution in [2.75, 3.05) is 6.61 Å². The Balaban J connectivity index is 1.37. The minimum absolute atomic E-state index is 0.0796. The zero-order chi connectivity index (χ0) is 25.2. The number of aliphatic hydroxyl groups excluding tert-OH is 1. The zero-order valence-electron chi connectivity index (χ0n) is 19.6. The first kappa shape index (κ1) is 24.2. The molecule has 1 N–H and O–H groups in total. The lowest BCUT2D eigenvalue weighted by molar-refractivity contribution is -0.0394. The van der Waals surface area contributed by atoms with Crippen LogP contribution in [0.25, 0.3) is 5.69 Å². The van der Waals surface area contributed by atoms with Gasteiger partial charge in [0, 0.05) is 29.8 Å². The number of ether oxygens (including phenoxy) is 1. The van der Waals surface area contributed by atoms with Gasteiger partial charge in [-0.3, -0.25) is 13.9 Å². The van der Waals surface area contributed by atoms with Gasteiger partial charge >= 0.3 is 5.69 Å². The van der Waals surface area contributed by atoms with Crippen molar-refractivity contribution in [2.45, 2.75) is 51.5 Å². The molecular formula is C24H25ClN6O5. The van der Waals surface area contributed by atoms with E-state index < -0.39 is 17.4 Å². The highest BCUT2D eigenvalue weighted by molar-refractivity contribution is 6.30. The smallest absolute Gasteiger partial charge is 0.336 e. The fraction of sp³-hybridized carbons (Fsp3) is 0.375. The van der Waals surface area contributed by atoms with Crippen molar-refractivity contribution < 1.29 is 14.4 Å². The van der Waals surface area contributed by atoms with Gasteiger partial charge in [0.1, 0.15) is 12.8 Å². The lowest BCUT2D eigenvalue weighted by Gasteiger charge is -2.22. The highest BCUT2D eigenvalue weighted by Gasteiger charge is 2.20. The molecule has 12 heteroatoms. The number of aliphatic hydroxyl groups is 1. The average Bonchev–Trinajstić information content (AvgIpc) is 3.55. The van der Waals surface area contributed by atoms with E-state index in [0.717, 1.165) is 23.8 Å². The molecule has 4 heterocycles. The molecule has 5 rings (SSSR count). The minimum atomic E-state index is -0.865. The molecular weight excluding hydrogens is 488 g/mol. The molecule has 3 aromatic heterocycles. The Morgan fingerprint density at radius 2 is 2.00 bits per heavy atom. The molecule has 1 saturated heterocycles. The molecule has 0 bridgehead atoms. The molecule has 188 valence electrons.